The van der Waals surface area contributed by atoms with E-state index in [1.165, 1.54) is 0 Å². The topological polar surface area (TPSA) is 102 Å². The van der Waals surface area contributed by atoms with Crippen LogP contribution in [0.2, 0.25) is 0 Å². The number of nitrogens with one attached hydrogen (secondary N) is 1. The molecule has 0 aliphatic carbocycles. The molecule has 0 aromatic carbocycles. The summed E-state index contributed by atoms with van der Waals surface area (Å²) in [6.45, 7) is 4.88. The number of likely N-dealkylation sites (N-methyl/N-ethyl adjacent to an activating group) is 1. The van der Waals surface area contributed by atoms with E-state index in [0.29, 0.717) is 19.6 Å². The van der Waals surface area contributed by atoms with Gasteiger partial charge in [0.1, 0.15) is 12.3 Å². The summed E-state index contributed by atoms with van der Waals surface area (Å²) >= 11 is 0. The Kier molecular flexibility index (Phi) is 4.49. The molecular formula is C14H21N5O4. The van der Waals surface area contributed by atoms with Crippen molar-refractivity contribution >= 4 is 17.9 Å². The molecule has 1 unspecified atom stereocenters. The predicted molar refractivity (Wildman–Crippen MR) is 81.5 cm³/mol. The highest BCUT2D eigenvalue weighted by molar-refractivity contribution is 5.85. The van der Waals surface area contributed by atoms with Crippen LogP contribution in [0.15, 0.2) is 10.7 Å². The number of carboxylic acid groups (broad SMARTS) is 1. The normalized spacial score (nSPS) is 23.1. The third-order valence-corrected chi connectivity index (χ3v) is 4.27. The standard InChI is InChI=1S/C14H21N5O4/c1-17-4-6-18(7-5-17)12(20)10-8-19(3-2-15-10)14-16-11(9-23-14)13(21)22/h9-10,15H,2-8H2,1H3,(H,21,22). The minimum atomic E-state index is -1.12. The van der Waals surface area contributed by atoms with Gasteiger partial charge in [0.25, 0.3) is 6.01 Å². The summed E-state index contributed by atoms with van der Waals surface area (Å²) in [7, 11) is 2.05. The van der Waals surface area contributed by atoms with Gasteiger partial charge in [0.2, 0.25) is 5.91 Å². The molecule has 2 aliphatic heterocycles. The quantitative estimate of drug-likeness (QED) is 0.725. The number of carbonyl (C=O) groups is 2. The number of piperazine rings is 2. The van der Waals surface area contributed by atoms with Crippen LogP contribution in [0.1, 0.15) is 10.5 Å². The van der Waals surface area contributed by atoms with Crippen LogP contribution >= 0.6 is 0 Å². The maximum absolute atomic E-state index is 12.6. The van der Waals surface area contributed by atoms with Crippen molar-refractivity contribution in [1.29, 1.82) is 0 Å². The second kappa shape index (κ2) is 6.55. The van der Waals surface area contributed by atoms with E-state index in [-0.39, 0.29) is 23.7 Å². The Labute approximate surface area is 133 Å². The van der Waals surface area contributed by atoms with Crippen LogP contribution in [0.25, 0.3) is 0 Å². The second-order valence-electron chi connectivity index (χ2n) is 5.90. The Hall–Kier alpha value is -2.13. The maximum Gasteiger partial charge on any atom is 0.357 e. The van der Waals surface area contributed by atoms with Gasteiger partial charge < -0.3 is 29.5 Å². The summed E-state index contributed by atoms with van der Waals surface area (Å²) < 4.78 is 5.23. The molecule has 0 spiro atoms. The molecule has 23 heavy (non-hydrogen) atoms. The van der Waals surface area contributed by atoms with Crippen molar-refractivity contribution in [2.75, 3.05) is 57.8 Å². The number of rotatable bonds is 3. The SMILES string of the molecule is CN1CCN(C(=O)C2CN(c3nc(C(=O)O)co3)CCN2)CC1. The van der Waals surface area contributed by atoms with Crippen LogP contribution in [0.5, 0.6) is 0 Å². The molecule has 2 aliphatic rings. The molecule has 9 heteroatoms. The highest BCUT2D eigenvalue weighted by Crippen LogP contribution is 2.16. The Balaban J connectivity index is 1.63. The van der Waals surface area contributed by atoms with E-state index in [0.717, 1.165) is 32.4 Å². The molecule has 0 radical (unpaired) electrons. The first-order valence-electron chi connectivity index (χ1n) is 7.69. The molecule has 9 nitrogen and oxygen atoms in total. The zero-order chi connectivity index (χ0) is 16.4. The van der Waals surface area contributed by atoms with E-state index in [9.17, 15) is 9.59 Å². The highest BCUT2D eigenvalue weighted by atomic mass is 16.4. The molecule has 1 aromatic heterocycles. The fourth-order valence-corrected chi connectivity index (χ4v) is 2.84. The van der Waals surface area contributed by atoms with Gasteiger partial charge in [0.05, 0.1) is 0 Å². The lowest BCUT2D eigenvalue weighted by atomic mass is 10.1. The van der Waals surface area contributed by atoms with Crippen molar-refractivity contribution in [2.45, 2.75) is 6.04 Å². The summed E-state index contributed by atoms with van der Waals surface area (Å²) in [5, 5.41) is 12.1. The second-order valence-corrected chi connectivity index (χ2v) is 5.90. The summed E-state index contributed by atoms with van der Waals surface area (Å²) in [4.78, 5) is 33.3. The number of aromatic carboxylic acids is 1. The average molecular weight is 323 g/mol. The molecule has 2 N–H and O–H groups in total. The number of hydrogen-bond acceptors (Lipinski definition) is 7. The lowest BCUT2D eigenvalue weighted by molar-refractivity contribution is -0.135. The van der Waals surface area contributed by atoms with E-state index >= 15 is 0 Å². The van der Waals surface area contributed by atoms with Gasteiger partial charge in [0, 0.05) is 45.8 Å². The Morgan fingerprint density at radius 2 is 2.04 bits per heavy atom. The summed E-state index contributed by atoms with van der Waals surface area (Å²) in [6, 6.07) is -0.0765. The van der Waals surface area contributed by atoms with Gasteiger partial charge in [-0.1, -0.05) is 0 Å². The van der Waals surface area contributed by atoms with Gasteiger partial charge in [-0.05, 0) is 7.05 Å². The number of anilines is 1. The summed E-state index contributed by atoms with van der Waals surface area (Å²) in [6.07, 6.45) is 1.12. The molecule has 0 bridgehead atoms. The van der Waals surface area contributed by atoms with E-state index in [1.54, 1.807) is 0 Å². The third kappa shape index (κ3) is 3.45. The summed E-state index contributed by atoms with van der Waals surface area (Å²) in [5.41, 5.74) is -0.125. The monoisotopic (exact) mass is 323 g/mol. The highest BCUT2D eigenvalue weighted by Gasteiger charge is 2.32. The van der Waals surface area contributed by atoms with Gasteiger partial charge in [0.15, 0.2) is 5.69 Å². The summed E-state index contributed by atoms with van der Waals surface area (Å²) in [5.74, 6) is -1.05. The molecule has 0 saturated carbocycles. The largest absolute Gasteiger partial charge is 0.476 e. The fourth-order valence-electron chi connectivity index (χ4n) is 2.84. The van der Waals surface area contributed by atoms with Gasteiger partial charge in [-0.25, -0.2) is 4.79 Å². The first kappa shape index (κ1) is 15.8. The minimum Gasteiger partial charge on any atom is -0.476 e. The number of hydrogen-bond donors (Lipinski definition) is 2. The number of carboxylic acids is 1. The third-order valence-electron chi connectivity index (χ3n) is 4.27. The number of carbonyl (C=O) groups excluding carboxylic acids is 1. The van der Waals surface area contributed by atoms with E-state index < -0.39 is 5.97 Å². The van der Waals surface area contributed by atoms with Crippen LogP contribution in [0, 0.1) is 0 Å². The molecular weight excluding hydrogens is 302 g/mol. The van der Waals surface area contributed by atoms with E-state index in [4.69, 9.17) is 9.52 Å². The Morgan fingerprint density at radius 3 is 2.70 bits per heavy atom. The molecule has 126 valence electrons. The minimum absolute atomic E-state index is 0.0767. The average Bonchev–Trinajstić information content (AvgIpc) is 3.05. The van der Waals surface area contributed by atoms with Crippen molar-refractivity contribution in [3.8, 4) is 0 Å². The van der Waals surface area contributed by atoms with Crippen molar-refractivity contribution < 1.29 is 19.1 Å². The molecule has 2 saturated heterocycles. The lowest BCUT2D eigenvalue weighted by Gasteiger charge is -2.38. The zero-order valence-electron chi connectivity index (χ0n) is 13.1. The Morgan fingerprint density at radius 1 is 1.30 bits per heavy atom. The van der Waals surface area contributed by atoms with Crippen molar-refractivity contribution in [3.05, 3.63) is 12.0 Å². The van der Waals surface area contributed by atoms with Crippen LogP contribution in [0.4, 0.5) is 6.01 Å². The van der Waals surface area contributed by atoms with Crippen molar-refractivity contribution in [2.24, 2.45) is 0 Å². The first-order chi connectivity index (χ1) is 11.0. The van der Waals surface area contributed by atoms with Gasteiger partial charge in [-0.15, -0.1) is 0 Å². The van der Waals surface area contributed by atoms with Crippen LogP contribution in [-0.4, -0.2) is 90.7 Å². The molecule has 3 heterocycles. The number of nitrogens with zero attached hydrogens (tertiary/aromatic N) is 4. The number of aromatic nitrogens is 1. The number of amides is 1. The van der Waals surface area contributed by atoms with Gasteiger partial charge >= 0.3 is 5.97 Å². The molecule has 1 amide bonds. The molecule has 1 atom stereocenters. The smallest absolute Gasteiger partial charge is 0.357 e. The lowest BCUT2D eigenvalue weighted by Crippen LogP contribution is -2.60. The Bertz CT molecular complexity index is 581. The van der Waals surface area contributed by atoms with E-state index in [1.807, 2.05) is 16.8 Å². The van der Waals surface area contributed by atoms with Gasteiger partial charge in [-0.2, -0.15) is 4.98 Å². The van der Waals surface area contributed by atoms with Crippen molar-refractivity contribution in [1.82, 2.24) is 20.1 Å². The van der Waals surface area contributed by atoms with Crippen LogP contribution in [-0.2, 0) is 4.79 Å². The van der Waals surface area contributed by atoms with E-state index in [2.05, 4.69) is 15.2 Å². The predicted octanol–water partition coefficient (Wildman–Crippen LogP) is -1.07. The van der Waals surface area contributed by atoms with Crippen LogP contribution in [0.3, 0.4) is 0 Å². The van der Waals surface area contributed by atoms with Crippen molar-refractivity contribution in [3.63, 3.8) is 0 Å². The van der Waals surface area contributed by atoms with Crippen LogP contribution < -0.4 is 10.2 Å². The maximum atomic E-state index is 12.6. The molecule has 3 rings (SSSR count). The molecule has 1 aromatic rings. The van der Waals surface area contributed by atoms with Gasteiger partial charge in [-0.3, -0.25) is 4.79 Å². The number of oxazole rings is 1. The zero-order valence-corrected chi connectivity index (χ0v) is 13.1. The molecule has 2 fully saturated rings. The first-order valence-corrected chi connectivity index (χ1v) is 7.69. The fraction of sp³-hybridized carbons (Fsp3) is 0.643.